The molecule has 0 radical (unpaired) electrons. The molecule has 62 heavy (non-hydrogen) atoms. The van der Waals surface area contributed by atoms with E-state index in [4.69, 9.17) is 23.7 Å². The molecule has 0 aliphatic heterocycles. The number of nitrogens with one attached hydrogen (secondary N) is 1. The summed E-state index contributed by atoms with van der Waals surface area (Å²) in [6.07, 6.45) is -4.58. The highest BCUT2D eigenvalue weighted by molar-refractivity contribution is 5.84. The normalized spacial score (nSPS) is 15.9. The van der Waals surface area contributed by atoms with Gasteiger partial charge in [-0.3, -0.25) is 47.9 Å². The number of unbranched alkanes of at least 4 members (excludes halogenated alkanes) is 2. The Bertz CT molecular complexity index is 1510. The summed E-state index contributed by atoms with van der Waals surface area (Å²) in [6, 6.07) is -0.591. The predicted molar refractivity (Wildman–Crippen MR) is 216 cm³/mol. The maximum atomic E-state index is 13.3. The number of amides is 1. The Morgan fingerprint density at radius 3 is 1.37 bits per heavy atom. The lowest BCUT2D eigenvalue weighted by atomic mass is 9.87. The van der Waals surface area contributed by atoms with E-state index in [9.17, 15) is 68.4 Å². The van der Waals surface area contributed by atoms with Crippen molar-refractivity contribution < 1.29 is 92.1 Å². The van der Waals surface area contributed by atoms with Gasteiger partial charge in [0.05, 0.1) is 43.6 Å². The molecule has 0 aromatic carbocycles. The Morgan fingerprint density at radius 2 is 0.968 bits per heavy atom. The van der Waals surface area contributed by atoms with Crippen LogP contribution in [0.1, 0.15) is 145 Å². The van der Waals surface area contributed by atoms with Crippen molar-refractivity contribution in [3.63, 3.8) is 0 Å². The SMILES string of the molecule is CCCC[C@@H](C)[C@@H](OC(=O)CC(CC(=O)O)C(=O)O)[C@H](C[C@@H](C)C[C@@H](CCCC[C@H](C[C@H](OC(C)=O)[C@H](C)NC(C)=O)OC(C)=O)OC(C)=O)OC(=O)CC(CC(=O)O)C(=O)O. The molecule has 0 aliphatic rings. The van der Waals surface area contributed by atoms with Crippen LogP contribution in [0.2, 0.25) is 0 Å². The summed E-state index contributed by atoms with van der Waals surface area (Å²) in [6.45, 7) is 12.0. The first-order chi connectivity index (χ1) is 28.8. The summed E-state index contributed by atoms with van der Waals surface area (Å²) in [7, 11) is 0. The van der Waals surface area contributed by atoms with Crippen molar-refractivity contribution in [2.45, 2.75) is 182 Å². The Hall–Kier alpha value is -5.30. The minimum absolute atomic E-state index is 0.0510. The maximum absolute atomic E-state index is 13.3. The van der Waals surface area contributed by atoms with Crippen LogP contribution in [0.3, 0.4) is 0 Å². The maximum Gasteiger partial charge on any atom is 0.307 e. The summed E-state index contributed by atoms with van der Waals surface area (Å²) >= 11 is 0. The number of esters is 5. The predicted octanol–water partition coefficient (Wildman–Crippen LogP) is 4.45. The second-order valence-electron chi connectivity index (χ2n) is 16.0. The van der Waals surface area contributed by atoms with Crippen LogP contribution in [-0.2, 0) is 71.6 Å². The lowest BCUT2D eigenvalue weighted by Gasteiger charge is -2.34. The van der Waals surface area contributed by atoms with Crippen LogP contribution >= 0.6 is 0 Å². The van der Waals surface area contributed by atoms with E-state index in [0.717, 1.165) is 6.42 Å². The van der Waals surface area contributed by atoms with Gasteiger partial charge in [0, 0.05) is 34.1 Å². The van der Waals surface area contributed by atoms with E-state index in [1.807, 2.05) is 6.92 Å². The molecule has 10 atom stereocenters. The highest BCUT2D eigenvalue weighted by Gasteiger charge is 2.37. The number of hydrogen-bond donors (Lipinski definition) is 5. The van der Waals surface area contributed by atoms with Gasteiger partial charge in [-0.2, -0.15) is 0 Å². The molecular formula is C42H67NO19. The van der Waals surface area contributed by atoms with Crippen molar-refractivity contribution in [1.82, 2.24) is 5.32 Å². The Kier molecular flexibility index (Phi) is 27.3. The number of carbonyl (C=O) groups is 10. The highest BCUT2D eigenvalue weighted by atomic mass is 16.6. The number of carboxylic acid groups (broad SMARTS) is 4. The van der Waals surface area contributed by atoms with Gasteiger partial charge >= 0.3 is 53.7 Å². The summed E-state index contributed by atoms with van der Waals surface area (Å²) < 4.78 is 28.1. The molecule has 0 aliphatic carbocycles. The van der Waals surface area contributed by atoms with E-state index in [2.05, 4.69) is 5.32 Å². The first-order valence-electron chi connectivity index (χ1n) is 20.9. The van der Waals surface area contributed by atoms with Gasteiger partial charge in [-0.25, -0.2) is 0 Å². The van der Waals surface area contributed by atoms with E-state index >= 15 is 0 Å². The topological polar surface area (TPSA) is 310 Å². The van der Waals surface area contributed by atoms with Gasteiger partial charge in [0.15, 0.2) is 0 Å². The van der Waals surface area contributed by atoms with Gasteiger partial charge in [0.25, 0.3) is 0 Å². The van der Waals surface area contributed by atoms with E-state index in [-0.39, 0.29) is 25.2 Å². The van der Waals surface area contributed by atoms with Crippen molar-refractivity contribution in [2.75, 3.05) is 0 Å². The molecule has 0 saturated carbocycles. The molecule has 0 aromatic rings. The zero-order valence-electron chi connectivity index (χ0n) is 37.1. The first kappa shape index (κ1) is 56.7. The average Bonchev–Trinajstić information content (AvgIpc) is 3.11. The van der Waals surface area contributed by atoms with E-state index in [0.29, 0.717) is 38.5 Å². The van der Waals surface area contributed by atoms with Crippen LogP contribution in [0.15, 0.2) is 0 Å². The molecule has 0 heterocycles. The summed E-state index contributed by atoms with van der Waals surface area (Å²) in [5, 5.41) is 40.2. The summed E-state index contributed by atoms with van der Waals surface area (Å²) in [5.41, 5.74) is 0. The number of ether oxygens (including phenoxy) is 5. The highest BCUT2D eigenvalue weighted by Crippen LogP contribution is 2.30. The number of aliphatic carboxylic acids is 4. The van der Waals surface area contributed by atoms with Gasteiger partial charge in [-0.1, -0.05) is 33.6 Å². The molecule has 0 spiro atoms. The Balaban J connectivity index is 6.48. The summed E-state index contributed by atoms with van der Waals surface area (Å²) in [4.78, 5) is 120. The molecular weight excluding hydrogens is 822 g/mol. The van der Waals surface area contributed by atoms with Gasteiger partial charge < -0.3 is 49.4 Å². The van der Waals surface area contributed by atoms with E-state index < -0.39 is 140 Å². The van der Waals surface area contributed by atoms with Gasteiger partial charge in [0.1, 0.15) is 30.5 Å². The molecule has 0 bridgehead atoms. The van der Waals surface area contributed by atoms with E-state index in [1.165, 1.54) is 27.7 Å². The standard InChI is InChI=1S/C42H67NO19/c1-9-10-13-24(3)40(62-39(53)21-31(42(56)57)19-37(50)51)35(61-38(52)20-30(41(54)55)18-36(48)49)17-23(2)16-32(58-27(6)45)14-11-12-15-33(59-28(7)46)22-34(60-29(8)47)25(4)43-26(5)44/h23-25,30-35,40H,9-22H2,1-8H3,(H,43,44)(H,48,49)(H,50,51)(H,54,55)(H,56,57)/t23-,24+,25-,30?,31?,32+,33+,34-,35-,40+/m0/s1. The molecule has 354 valence electrons. The van der Waals surface area contributed by atoms with Crippen molar-refractivity contribution in [1.29, 1.82) is 0 Å². The molecule has 20 nitrogen and oxygen atoms in total. The second kappa shape index (κ2) is 29.9. The van der Waals surface area contributed by atoms with Crippen molar-refractivity contribution in [3.8, 4) is 0 Å². The fourth-order valence-corrected chi connectivity index (χ4v) is 7.08. The van der Waals surface area contributed by atoms with Gasteiger partial charge in [0.2, 0.25) is 5.91 Å². The first-order valence-corrected chi connectivity index (χ1v) is 20.9. The third-order valence-corrected chi connectivity index (χ3v) is 9.93. The number of hydrogen-bond acceptors (Lipinski definition) is 15. The van der Waals surface area contributed by atoms with Crippen LogP contribution in [0, 0.1) is 23.7 Å². The molecule has 0 saturated heterocycles. The number of carbonyl (C=O) groups excluding carboxylic acids is 6. The monoisotopic (exact) mass is 889 g/mol. The Labute approximate surface area is 362 Å². The van der Waals surface area contributed by atoms with Crippen LogP contribution in [-0.4, -0.2) is 117 Å². The third-order valence-electron chi connectivity index (χ3n) is 9.93. The van der Waals surface area contributed by atoms with Gasteiger partial charge in [-0.05, 0) is 63.7 Å². The largest absolute Gasteiger partial charge is 0.481 e. The van der Waals surface area contributed by atoms with Crippen molar-refractivity contribution >= 4 is 59.6 Å². The van der Waals surface area contributed by atoms with Crippen molar-refractivity contribution in [3.05, 3.63) is 0 Å². The van der Waals surface area contributed by atoms with Crippen LogP contribution in [0.25, 0.3) is 0 Å². The molecule has 5 N–H and O–H groups in total. The van der Waals surface area contributed by atoms with Crippen LogP contribution in [0.4, 0.5) is 0 Å². The van der Waals surface area contributed by atoms with Crippen LogP contribution < -0.4 is 5.32 Å². The Morgan fingerprint density at radius 1 is 0.516 bits per heavy atom. The average molecular weight is 890 g/mol. The van der Waals surface area contributed by atoms with Crippen LogP contribution in [0.5, 0.6) is 0 Å². The van der Waals surface area contributed by atoms with E-state index in [1.54, 1.807) is 20.8 Å². The number of rotatable bonds is 33. The fraction of sp³-hybridized carbons (Fsp3) is 0.762. The zero-order valence-corrected chi connectivity index (χ0v) is 37.1. The molecule has 20 heteroatoms. The smallest absolute Gasteiger partial charge is 0.307 e. The molecule has 0 fully saturated rings. The lowest BCUT2D eigenvalue weighted by Crippen LogP contribution is -2.44. The lowest BCUT2D eigenvalue weighted by molar-refractivity contribution is -0.177. The quantitative estimate of drug-likeness (QED) is 0.0345. The van der Waals surface area contributed by atoms with Crippen molar-refractivity contribution in [2.24, 2.45) is 23.7 Å². The molecule has 0 aromatic heterocycles. The third kappa shape index (κ3) is 26.1. The summed E-state index contributed by atoms with van der Waals surface area (Å²) in [5.74, 6) is -14.6. The zero-order chi connectivity index (χ0) is 47.7. The molecule has 0 rings (SSSR count). The second-order valence-corrected chi connectivity index (χ2v) is 16.0. The minimum Gasteiger partial charge on any atom is -0.481 e. The molecule has 1 amide bonds. The fourth-order valence-electron chi connectivity index (χ4n) is 7.08. The molecule has 2 unspecified atom stereocenters. The number of carboxylic acids is 4. The van der Waals surface area contributed by atoms with Gasteiger partial charge in [-0.15, -0.1) is 0 Å². The minimum atomic E-state index is -1.65.